The molecular weight excluding hydrogens is 222 g/mol. The fourth-order valence-corrected chi connectivity index (χ4v) is 2.64. The Balaban J connectivity index is 1.83. The first-order valence-electron chi connectivity index (χ1n) is 7.14. The number of likely N-dealkylation sites (N-methyl/N-ethyl adjacent to an activating group) is 1. The maximum atomic E-state index is 5.92. The Hall–Kier alpha value is -0.860. The van der Waals surface area contributed by atoms with E-state index in [0.717, 1.165) is 13.2 Å². The molecule has 0 saturated heterocycles. The summed E-state index contributed by atoms with van der Waals surface area (Å²) in [4.78, 5) is 0. The van der Waals surface area contributed by atoms with E-state index in [0.29, 0.717) is 12.0 Å². The Morgan fingerprint density at radius 1 is 1.22 bits per heavy atom. The second-order valence-corrected chi connectivity index (χ2v) is 5.42. The number of hydrogen-bond acceptors (Lipinski definition) is 2. The van der Waals surface area contributed by atoms with E-state index < -0.39 is 0 Å². The van der Waals surface area contributed by atoms with Crippen LogP contribution in [-0.2, 0) is 11.3 Å². The molecule has 1 fully saturated rings. The van der Waals surface area contributed by atoms with E-state index in [-0.39, 0.29) is 0 Å². The van der Waals surface area contributed by atoms with Gasteiger partial charge < -0.3 is 10.1 Å². The molecule has 1 N–H and O–H groups in total. The maximum Gasteiger partial charge on any atom is 0.0720 e. The fraction of sp³-hybridized carbons (Fsp3) is 0.625. The summed E-state index contributed by atoms with van der Waals surface area (Å²) in [6, 6.07) is 8.87. The van der Waals surface area contributed by atoms with Gasteiger partial charge in [-0.05, 0) is 36.9 Å². The molecule has 100 valence electrons. The van der Waals surface area contributed by atoms with Crippen molar-refractivity contribution in [1.82, 2.24) is 5.32 Å². The van der Waals surface area contributed by atoms with Gasteiger partial charge in [0.2, 0.25) is 0 Å². The fourth-order valence-electron chi connectivity index (χ4n) is 2.64. The Morgan fingerprint density at radius 3 is 2.50 bits per heavy atom. The van der Waals surface area contributed by atoms with Crippen LogP contribution in [0.3, 0.4) is 0 Å². The first-order chi connectivity index (χ1) is 8.79. The van der Waals surface area contributed by atoms with E-state index in [4.69, 9.17) is 4.74 Å². The highest BCUT2D eigenvalue weighted by Gasteiger charge is 2.15. The molecule has 1 atom stereocenters. The van der Waals surface area contributed by atoms with Crippen LogP contribution in [0.2, 0.25) is 0 Å². The van der Waals surface area contributed by atoms with E-state index in [1.54, 1.807) is 0 Å². The summed E-state index contributed by atoms with van der Waals surface area (Å²) in [6.07, 6.45) is 5.68. The molecule has 2 rings (SSSR count). The molecule has 1 aliphatic carbocycles. The number of rotatable bonds is 6. The molecule has 0 heterocycles. The average Bonchev–Trinajstić information content (AvgIpc) is 2.90. The summed E-state index contributed by atoms with van der Waals surface area (Å²) in [5.41, 5.74) is 2.69. The van der Waals surface area contributed by atoms with Gasteiger partial charge in [-0.25, -0.2) is 0 Å². The molecule has 2 nitrogen and oxygen atoms in total. The topological polar surface area (TPSA) is 21.3 Å². The van der Waals surface area contributed by atoms with Gasteiger partial charge in [-0.3, -0.25) is 0 Å². The Kier molecular flexibility index (Phi) is 5.21. The smallest absolute Gasteiger partial charge is 0.0720 e. The minimum atomic E-state index is 0.507. The van der Waals surface area contributed by atoms with Crippen LogP contribution in [0.1, 0.15) is 49.7 Å². The highest BCUT2D eigenvalue weighted by atomic mass is 16.5. The third kappa shape index (κ3) is 3.82. The van der Waals surface area contributed by atoms with Gasteiger partial charge in [0.1, 0.15) is 0 Å². The highest BCUT2D eigenvalue weighted by Crippen LogP contribution is 2.22. The molecule has 18 heavy (non-hydrogen) atoms. The minimum absolute atomic E-state index is 0.507. The zero-order chi connectivity index (χ0) is 12.8. The lowest BCUT2D eigenvalue weighted by Crippen LogP contribution is -2.14. The van der Waals surface area contributed by atoms with Gasteiger partial charge in [-0.15, -0.1) is 0 Å². The third-order valence-corrected chi connectivity index (χ3v) is 3.85. The van der Waals surface area contributed by atoms with E-state index in [2.05, 4.69) is 36.5 Å². The molecule has 2 heteroatoms. The van der Waals surface area contributed by atoms with Crippen LogP contribution in [0.5, 0.6) is 0 Å². The normalized spacial score (nSPS) is 18.1. The van der Waals surface area contributed by atoms with Crippen molar-refractivity contribution in [3.8, 4) is 0 Å². The van der Waals surface area contributed by atoms with Crippen molar-refractivity contribution >= 4 is 0 Å². The van der Waals surface area contributed by atoms with Gasteiger partial charge in [-0.1, -0.05) is 44.0 Å². The first-order valence-corrected chi connectivity index (χ1v) is 7.14. The van der Waals surface area contributed by atoms with Crippen molar-refractivity contribution in [2.24, 2.45) is 0 Å². The highest BCUT2D eigenvalue weighted by molar-refractivity contribution is 5.24. The van der Waals surface area contributed by atoms with Crippen molar-refractivity contribution in [2.45, 2.75) is 51.2 Å². The lowest BCUT2D eigenvalue weighted by molar-refractivity contribution is 0.0457. The molecule has 1 aromatic rings. The molecule has 0 amide bonds. The van der Waals surface area contributed by atoms with Crippen molar-refractivity contribution in [3.63, 3.8) is 0 Å². The van der Waals surface area contributed by atoms with E-state index in [9.17, 15) is 0 Å². The van der Waals surface area contributed by atoms with Gasteiger partial charge >= 0.3 is 0 Å². The standard InChI is InChI=1S/C16H25NO/c1-13(11-17-2)15-9-7-14(8-10-15)12-18-16-5-3-4-6-16/h7-10,13,16-17H,3-6,11-12H2,1-2H3. The number of benzene rings is 1. The predicted octanol–water partition coefficient (Wildman–Crippen LogP) is 3.47. The third-order valence-electron chi connectivity index (χ3n) is 3.85. The molecule has 1 aromatic carbocycles. The Bertz CT molecular complexity index is 341. The number of ether oxygens (including phenoxy) is 1. The number of nitrogens with one attached hydrogen (secondary N) is 1. The van der Waals surface area contributed by atoms with Crippen LogP contribution in [0.4, 0.5) is 0 Å². The van der Waals surface area contributed by atoms with Crippen molar-refractivity contribution in [2.75, 3.05) is 13.6 Å². The van der Waals surface area contributed by atoms with Gasteiger partial charge in [0, 0.05) is 6.54 Å². The summed E-state index contributed by atoms with van der Waals surface area (Å²) < 4.78 is 5.92. The molecule has 1 unspecified atom stereocenters. The summed E-state index contributed by atoms with van der Waals surface area (Å²) in [7, 11) is 2.00. The van der Waals surface area contributed by atoms with Crippen LogP contribution in [0.15, 0.2) is 24.3 Å². The average molecular weight is 247 g/mol. The minimum Gasteiger partial charge on any atom is -0.374 e. The quantitative estimate of drug-likeness (QED) is 0.831. The van der Waals surface area contributed by atoms with Gasteiger partial charge in [0.25, 0.3) is 0 Å². The molecule has 1 saturated carbocycles. The van der Waals surface area contributed by atoms with Crippen LogP contribution in [0, 0.1) is 0 Å². The van der Waals surface area contributed by atoms with Crippen LogP contribution in [-0.4, -0.2) is 19.7 Å². The molecule has 0 aliphatic heterocycles. The molecular formula is C16H25NO. The monoisotopic (exact) mass is 247 g/mol. The second-order valence-electron chi connectivity index (χ2n) is 5.42. The molecule has 1 aliphatic rings. The summed E-state index contributed by atoms with van der Waals surface area (Å²) in [5.74, 6) is 0.569. The summed E-state index contributed by atoms with van der Waals surface area (Å²) in [6.45, 7) is 4.05. The number of hydrogen-bond donors (Lipinski definition) is 1. The zero-order valence-corrected chi connectivity index (χ0v) is 11.6. The Labute approximate surface area is 111 Å². The lowest BCUT2D eigenvalue weighted by atomic mass is 10.00. The van der Waals surface area contributed by atoms with Crippen molar-refractivity contribution in [1.29, 1.82) is 0 Å². The van der Waals surface area contributed by atoms with E-state index in [1.165, 1.54) is 36.8 Å². The Morgan fingerprint density at radius 2 is 1.89 bits per heavy atom. The van der Waals surface area contributed by atoms with E-state index in [1.807, 2.05) is 7.05 Å². The van der Waals surface area contributed by atoms with Gasteiger partial charge in [0.05, 0.1) is 12.7 Å². The first kappa shape index (κ1) is 13.6. The predicted molar refractivity (Wildman–Crippen MR) is 75.8 cm³/mol. The zero-order valence-electron chi connectivity index (χ0n) is 11.6. The van der Waals surface area contributed by atoms with Crippen molar-refractivity contribution in [3.05, 3.63) is 35.4 Å². The SMILES string of the molecule is CNCC(C)c1ccc(COC2CCCC2)cc1. The lowest BCUT2D eigenvalue weighted by Gasteiger charge is -2.13. The van der Waals surface area contributed by atoms with Crippen LogP contribution < -0.4 is 5.32 Å². The maximum absolute atomic E-state index is 5.92. The second kappa shape index (κ2) is 6.91. The molecule has 0 aromatic heterocycles. The van der Waals surface area contributed by atoms with Gasteiger partial charge in [-0.2, -0.15) is 0 Å². The van der Waals surface area contributed by atoms with E-state index >= 15 is 0 Å². The molecule has 0 radical (unpaired) electrons. The van der Waals surface area contributed by atoms with Crippen molar-refractivity contribution < 1.29 is 4.74 Å². The molecule has 0 spiro atoms. The summed E-state index contributed by atoms with van der Waals surface area (Å²) >= 11 is 0. The largest absolute Gasteiger partial charge is 0.374 e. The summed E-state index contributed by atoms with van der Waals surface area (Å²) in [5, 5.41) is 3.22. The van der Waals surface area contributed by atoms with Crippen LogP contribution in [0.25, 0.3) is 0 Å². The molecule has 0 bridgehead atoms. The van der Waals surface area contributed by atoms with Crippen LogP contribution >= 0.6 is 0 Å². The van der Waals surface area contributed by atoms with Gasteiger partial charge in [0.15, 0.2) is 0 Å².